The fourth-order valence-electron chi connectivity index (χ4n) is 1.47. The van der Waals surface area contributed by atoms with Crippen LogP contribution in [0.4, 0.5) is 0 Å². The predicted octanol–water partition coefficient (Wildman–Crippen LogP) is 2.28. The molecule has 0 bridgehead atoms. The first kappa shape index (κ1) is 11.7. The Morgan fingerprint density at radius 1 is 1.47 bits per heavy atom. The Kier molecular flexibility index (Phi) is 3.44. The maximum absolute atomic E-state index is 11.6. The van der Waals surface area contributed by atoms with Crippen molar-refractivity contribution in [3.05, 3.63) is 47.2 Å². The lowest BCUT2D eigenvalue weighted by molar-refractivity contribution is 0.0956. The SMILES string of the molecule is CCNC(=O)c1cnn(-c2ccccc2Cl)c1. The second kappa shape index (κ2) is 5.01. The number of carbonyl (C=O) groups excluding carboxylic acids is 1. The van der Waals surface area contributed by atoms with Gasteiger partial charge in [-0.3, -0.25) is 4.79 Å². The molecule has 0 radical (unpaired) electrons. The Bertz CT molecular complexity index is 536. The molecule has 1 aromatic carbocycles. The highest BCUT2D eigenvalue weighted by Gasteiger charge is 2.09. The summed E-state index contributed by atoms with van der Waals surface area (Å²) in [6.45, 7) is 2.46. The lowest BCUT2D eigenvalue weighted by atomic mass is 10.3. The number of para-hydroxylation sites is 1. The van der Waals surface area contributed by atoms with Gasteiger partial charge >= 0.3 is 0 Å². The molecule has 0 aliphatic heterocycles. The number of nitrogens with one attached hydrogen (secondary N) is 1. The average Bonchev–Trinajstić information content (AvgIpc) is 2.79. The summed E-state index contributed by atoms with van der Waals surface area (Å²) in [6, 6.07) is 7.34. The third-order valence-corrected chi connectivity index (χ3v) is 2.60. The summed E-state index contributed by atoms with van der Waals surface area (Å²) in [5, 5.41) is 7.43. The van der Waals surface area contributed by atoms with Crippen molar-refractivity contribution in [2.24, 2.45) is 0 Å². The highest BCUT2D eigenvalue weighted by molar-refractivity contribution is 6.32. The van der Waals surface area contributed by atoms with Crippen LogP contribution in [0.5, 0.6) is 0 Å². The lowest BCUT2D eigenvalue weighted by Gasteiger charge is -2.02. The van der Waals surface area contributed by atoms with Gasteiger partial charge < -0.3 is 5.32 Å². The van der Waals surface area contributed by atoms with Crippen molar-refractivity contribution in [2.75, 3.05) is 6.54 Å². The molecule has 2 rings (SSSR count). The number of nitrogens with zero attached hydrogens (tertiary/aromatic N) is 2. The number of amides is 1. The second-order valence-corrected chi connectivity index (χ2v) is 3.89. The van der Waals surface area contributed by atoms with Crippen molar-refractivity contribution in [3.8, 4) is 5.69 Å². The molecule has 4 nitrogen and oxygen atoms in total. The number of hydrogen-bond acceptors (Lipinski definition) is 2. The van der Waals surface area contributed by atoms with E-state index in [0.29, 0.717) is 17.1 Å². The summed E-state index contributed by atoms with van der Waals surface area (Å²) in [4.78, 5) is 11.6. The molecular formula is C12H12ClN3O. The Morgan fingerprint density at radius 2 is 2.24 bits per heavy atom. The molecule has 0 fully saturated rings. The van der Waals surface area contributed by atoms with Gasteiger partial charge in [0, 0.05) is 12.7 Å². The number of aromatic nitrogens is 2. The third-order valence-electron chi connectivity index (χ3n) is 2.28. The van der Waals surface area contributed by atoms with Gasteiger partial charge in [0.05, 0.1) is 22.5 Å². The monoisotopic (exact) mass is 249 g/mol. The fourth-order valence-corrected chi connectivity index (χ4v) is 1.69. The summed E-state index contributed by atoms with van der Waals surface area (Å²) in [7, 11) is 0. The van der Waals surface area contributed by atoms with Gasteiger partial charge in [-0.05, 0) is 19.1 Å². The van der Waals surface area contributed by atoms with E-state index in [9.17, 15) is 4.79 Å². The van der Waals surface area contributed by atoms with Gasteiger partial charge in [-0.15, -0.1) is 0 Å². The van der Waals surface area contributed by atoms with Crippen LogP contribution in [0.1, 0.15) is 17.3 Å². The number of halogens is 1. The highest BCUT2D eigenvalue weighted by Crippen LogP contribution is 2.19. The number of rotatable bonds is 3. The van der Waals surface area contributed by atoms with E-state index in [4.69, 9.17) is 11.6 Å². The topological polar surface area (TPSA) is 46.9 Å². The van der Waals surface area contributed by atoms with E-state index in [1.54, 1.807) is 16.9 Å². The highest BCUT2D eigenvalue weighted by atomic mass is 35.5. The van der Waals surface area contributed by atoms with Crippen LogP contribution in [0.15, 0.2) is 36.7 Å². The molecule has 0 atom stereocenters. The molecule has 17 heavy (non-hydrogen) atoms. The van der Waals surface area contributed by atoms with Crippen molar-refractivity contribution >= 4 is 17.5 Å². The van der Waals surface area contributed by atoms with Crippen LogP contribution in [0.3, 0.4) is 0 Å². The van der Waals surface area contributed by atoms with Crippen molar-refractivity contribution in [3.63, 3.8) is 0 Å². The van der Waals surface area contributed by atoms with E-state index in [1.807, 2.05) is 25.1 Å². The van der Waals surface area contributed by atoms with Gasteiger partial charge in [-0.25, -0.2) is 4.68 Å². The zero-order valence-electron chi connectivity index (χ0n) is 9.35. The average molecular weight is 250 g/mol. The van der Waals surface area contributed by atoms with E-state index in [2.05, 4.69) is 10.4 Å². The molecular weight excluding hydrogens is 238 g/mol. The molecule has 0 unspecified atom stereocenters. The van der Waals surface area contributed by atoms with Crippen LogP contribution < -0.4 is 5.32 Å². The summed E-state index contributed by atoms with van der Waals surface area (Å²) >= 11 is 6.05. The predicted molar refractivity (Wildman–Crippen MR) is 66.6 cm³/mol. The minimum absolute atomic E-state index is 0.134. The van der Waals surface area contributed by atoms with Crippen LogP contribution in [0.2, 0.25) is 5.02 Å². The Hall–Kier alpha value is -1.81. The van der Waals surface area contributed by atoms with Crippen molar-refractivity contribution in [1.29, 1.82) is 0 Å². The van der Waals surface area contributed by atoms with E-state index < -0.39 is 0 Å². The first-order chi connectivity index (χ1) is 8.22. The molecule has 5 heteroatoms. The number of carbonyl (C=O) groups is 1. The first-order valence-corrected chi connectivity index (χ1v) is 5.68. The van der Waals surface area contributed by atoms with Gasteiger partial charge in [-0.1, -0.05) is 23.7 Å². The van der Waals surface area contributed by atoms with Gasteiger partial charge in [-0.2, -0.15) is 5.10 Å². The summed E-state index contributed by atoms with van der Waals surface area (Å²) < 4.78 is 1.59. The third kappa shape index (κ3) is 2.47. The molecule has 2 aromatic rings. The normalized spacial score (nSPS) is 10.2. The van der Waals surface area contributed by atoms with Crippen molar-refractivity contribution in [2.45, 2.75) is 6.92 Å². The van der Waals surface area contributed by atoms with Gasteiger partial charge in [0.25, 0.3) is 5.91 Å². The summed E-state index contributed by atoms with van der Waals surface area (Å²) in [6.07, 6.45) is 3.18. The summed E-state index contributed by atoms with van der Waals surface area (Å²) in [5.41, 5.74) is 1.27. The quantitative estimate of drug-likeness (QED) is 0.907. The van der Waals surface area contributed by atoms with Crippen LogP contribution in [-0.2, 0) is 0 Å². The molecule has 1 amide bonds. The zero-order chi connectivity index (χ0) is 12.3. The summed E-state index contributed by atoms with van der Waals surface area (Å²) in [5.74, 6) is -0.134. The maximum Gasteiger partial charge on any atom is 0.254 e. The van der Waals surface area contributed by atoms with E-state index in [1.165, 1.54) is 6.20 Å². The minimum Gasteiger partial charge on any atom is -0.352 e. The standard InChI is InChI=1S/C12H12ClN3O/c1-2-14-12(17)9-7-15-16(8-9)11-6-4-3-5-10(11)13/h3-8H,2H2,1H3,(H,14,17). The first-order valence-electron chi connectivity index (χ1n) is 5.30. The largest absolute Gasteiger partial charge is 0.352 e. The Balaban J connectivity index is 2.30. The number of benzene rings is 1. The van der Waals surface area contributed by atoms with E-state index in [-0.39, 0.29) is 5.91 Å². The zero-order valence-corrected chi connectivity index (χ0v) is 10.1. The van der Waals surface area contributed by atoms with Crippen LogP contribution >= 0.6 is 11.6 Å². The Morgan fingerprint density at radius 3 is 2.94 bits per heavy atom. The molecule has 0 spiro atoms. The minimum atomic E-state index is -0.134. The number of hydrogen-bond donors (Lipinski definition) is 1. The van der Waals surface area contributed by atoms with Crippen LogP contribution in [0, 0.1) is 0 Å². The van der Waals surface area contributed by atoms with Crippen molar-refractivity contribution in [1.82, 2.24) is 15.1 Å². The molecule has 0 aliphatic rings. The van der Waals surface area contributed by atoms with Gasteiger partial charge in [0.15, 0.2) is 0 Å². The molecule has 1 heterocycles. The molecule has 0 saturated heterocycles. The maximum atomic E-state index is 11.6. The smallest absolute Gasteiger partial charge is 0.254 e. The van der Waals surface area contributed by atoms with Crippen molar-refractivity contribution < 1.29 is 4.79 Å². The Labute approximate surface area is 104 Å². The molecule has 1 aromatic heterocycles. The molecule has 88 valence electrons. The van der Waals surface area contributed by atoms with E-state index in [0.717, 1.165) is 5.69 Å². The second-order valence-electron chi connectivity index (χ2n) is 3.48. The lowest BCUT2D eigenvalue weighted by Crippen LogP contribution is -2.22. The molecule has 0 saturated carbocycles. The fraction of sp³-hybridized carbons (Fsp3) is 0.167. The van der Waals surface area contributed by atoms with Gasteiger partial charge in [0.1, 0.15) is 0 Å². The van der Waals surface area contributed by atoms with E-state index >= 15 is 0 Å². The van der Waals surface area contributed by atoms with Gasteiger partial charge in [0.2, 0.25) is 0 Å². The molecule has 1 N–H and O–H groups in total. The molecule has 0 aliphatic carbocycles. The van der Waals surface area contributed by atoms with Crippen LogP contribution in [-0.4, -0.2) is 22.2 Å². The van der Waals surface area contributed by atoms with Crippen LogP contribution in [0.25, 0.3) is 5.69 Å².